The van der Waals surface area contributed by atoms with Crippen molar-refractivity contribution in [1.29, 1.82) is 0 Å². The number of nitrogens with one attached hydrogen (secondary N) is 1. The van der Waals surface area contributed by atoms with E-state index in [0.717, 1.165) is 10.6 Å². The predicted molar refractivity (Wildman–Crippen MR) is 96.5 cm³/mol. The van der Waals surface area contributed by atoms with Crippen LogP contribution in [-0.4, -0.2) is 38.1 Å². The van der Waals surface area contributed by atoms with Crippen LogP contribution in [0.4, 0.5) is 5.69 Å². The van der Waals surface area contributed by atoms with E-state index in [2.05, 4.69) is 5.32 Å². The van der Waals surface area contributed by atoms with Crippen LogP contribution in [0.15, 0.2) is 35.7 Å². The summed E-state index contributed by atoms with van der Waals surface area (Å²) in [4.78, 5) is 26.6. The van der Waals surface area contributed by atoms with Crippen LogP contribution in [0.3, 0.4) is 0 Å². The maximum absolute atomic E-state index is 12.0. The van der Waals surface area contributed by atoms with Gasteiger partial charge in [-0.3, -0.25) is 9.59 Å². The molecular weight excluding hydrogens is 340 g/mol. The van der Waals surface area contributed by atoms with Crippen molar-refractivity contribution in [2.75, 3.05) is 31.2 Å². The van der Waals surface area contributed by atoms with Gasteiger partial charge in [0.05, 0.1) is 6.42 Å². The Balaban J connectivity index is 1.58. The lowest BCUT2D eigenvalue weighted by molar-refractivity contribution is -0.120. The summed E-state index contributed by atoms with van der Waals surface area (Å²) >= 11 is 1.55. The smallest absolute Gasteiger partial charge is 0.225 e. The molecule has 0 bridgehead atoms. The van der Waals surface area contributed by atoms with Gasteiger partial charge in [0, 0.05) is 36.6 Å². The van der Waals surface area contributed by atoms with Gasteiger partial charge in [-0.2, -0.15) is 0 Å². The summed E-state index contributed by atoms with van der Waals surface area (Å²) in [7, 11) is 0. The summed E-state index contributed by atoms with van der Waals surface area (Å²) in [5.74, 6) is 1.18. The van der Waals surface area contributed by atoms with Crippen molar-refractivity contribution < 1.29 is 19.1 Å². The average molecular weight is 360 g/mol. The molecule has 1 N–H and O–H groups in total. The van der Waals surface area contributed by atoms with Crippen LogP contribution < -0.4 is 19.7 Å². The summed E-state index contributed by atoms with van der Waals surface area (Å²) in [6.07, 6.45) is 0.363. The molecule has 1 aliphatic heterocycles. The van der Waals surface area contributed by atoms with Crippen molar-refractivity contribution >= 4 is 28.8 Å². The van der Waals surface area contributed by atoms with Crippen molar-refractivity contribution in [2.45, 2.75) is 13.3 Å². The Bertz CT molecular complexity index is 746. The number of nitrogens with zero attached hydrogens (tertiary/aromatic N) is 1. The lowest BCUT2D eigenvalue weighted by Gasteiger charge is -2.24. The van der Waals surface area contributed by atoms with Gasteiger partial charge in [0.15, 0.2) is 11.5 Å². The molecule has 1 aliphatic rings. The van der Waals surface area contributed by atoms with Crippen LogP contribution in [0.1, 0.15) is 11.8 Å². The number of hydrogen-bond acceptors (Lipinski definition) is 5. The van der Waals surface area contributed by atoms with Crippen molar-refractivity contribution in [1.82, 2.24) is 5.32 Å². The van der Waals surface area contributed by atoms with E-state index in [-0.39, 0.29) is 11.8 Å². The highest BCUT2D eigenvalue weighted by molar-refractivity contribution is 7.10. The fraction of sp³-hybridized carbons (Fsp3) is 0.333. The second-order valence-electron chi connectivity index (χ2n) is 5.60. The molecule has 0 atom stereocenters. The van der Waals surface area contributed by atoms with E-state index < -0.39 is 0 Å². The van der Waals surface area contributed by atoms with Gasteiger partial charge >= 0.3 is 0 Å². The fourth-order valence-corrected chi connectivity index (χ4v) is 3.31. The van der Waals surface area contributed by atoms with Gasteiger partial charge in [0.2, 0.25) is 11.8 Å². The number of benzene rings is 1. The number of anilines is 1. The lowest BCUT2D eigenvalue weighted by atomic mass is 10.2. The van der Waals surface area contributed by atoms with Crippen LogP contribution in [0, 0.1) is 0 Å². The van der Waals surface area contributed by atoms with Gasteiger partial charge in [-0.25, -0.2) is 0 Å². The van der Waals surface area contributed by atoms with Crippen molar-refractivity contribution in [3.8, 4) is 11.5 Å². The van der Waals surface area contributed by atoms with E-state index in [4.69, 9.17) is 9.47 Å². The zero-order valence-electron chi connectivity index (χ0n) is 14.0. The van der Waals surface area contributed by atoms with Gasteiger partial charge in [0.1, 0.15) is 13.2 Å². The van der Waals surface area contributed by atoms with Crippen molar-refractivity contribution in [3.63, 3.8) is 0 Å². The van der Waals surface area contributed by atoms with E-state index in [0.29, 0.717) is 44.2 Å². The molecule has 0 aliphatic carbocycles. The molecule has 2 aromatic rings. The summed E-state index contributed by atoms with van der Waals surface area (Å²) < 4.78 is 11.1. The number of hydrogen-bond donors (Lipinski definition) is 1. The third-order valence-corrected chi connectivity index (χ3v) is 4.67. The van der Waals surface area contributed by atoms with Crippen LogP contribution in [0.5, 0.6) is 11.5 Å². The molecule has 3 rings (SSSR count). The minimum absolute atomic E-state index is 0.0480. The van der Waals surface area contributed by atoms with Gasteiger partial charge in [0.25, 0.3) is 0 Å². The van der Waals surface area contributed by atoms with Gasteiger partial charge in [-0.05, 0) is 23.6 Å². The van der Waals surface area contributed by atoms with Crippen LogP contribution in [0.25, 0.3) is 0 Å². The minimum Gasteiger partial charge on any atom is -0.486 e. The highest BCUT2D eigenvalue weighted by Crippen LogP contribution is 2.33. The maximum atomic E-state index is 12.0. The molecule has 0 saturated heterocycles. The molecule has 0 radical (unpaired) electrons. The van der Waals surface area contributed by atoms with E-state index in [9.17, 15) is 9.59 Å². The Labute approximate surface area is 150 Å². The summed E-state index contributed by atoms with van der Waals surface area (Å²) in [5, 5.41) is 4.80. The zero-order valence-corrected chi connectivity index (χ0v) is 14.8. The molecule has 7 heteroatoms. The Morgan fingerprint density at radius 2 is 2.00 bits per heavy atom. The molecule has 1 aromatic heterocycles. The number of thiophene rings is 1. The summed E-state index contributed by atoms with van der Waals surface area (Å²) in [6.45, 7) is 3.31. The topological polar surface area (TPSA) is 67.9 Å². The number of carbonyl (C=O) groups is 2. The SMILES string of the molecule is CC(=O)N(CCNC(=O)Cc1cccs1)c1ccc2c(c1)OCCO2. The molecular formula is C18H20N2O4S. The number of amides is 2. The first-order valence-corrected chi connectivity index (χ1v) is 8.98. The van der Waals surface area contributed by atoms with E-state index in [1.165, 1.54) is 6.92 Å². The van der Waals surface area contributed by atoms with Crippen LogP contribution in [0.2, 0.25) is 0 Å². The molecule has 0 fully saturated rings. The Hall–Kier alpha value is -2.54. The van der Waals surface area contributed by atoms with E-state index in [1.54, 1.807) is 28.4 Å². The molecule has 1 aromatic carbocycles. The molecule has 25 heavy (non-hydrogen) atoms. The van der Waals surface area contributed by atoms with E-state index >= 15 is 0 Å². The quantitative estimate of drug-likeness (QED) is 0.858. The Morgan fingerprint density at radius 3 is 2.72 bits per heavy atom. The number of ether oxygens (including phenoxy) is 2. The van der Waals surface area contributed by atoms with Crippen LogP contribution in [-0.2, 0) is 16.0 Å². The van der Waals surface area contributed by atoms with Gasteiger partial charge in [-0.15, -0.1) is 11.3 Å². The van der Waals surface area contributed by atoms with Crippen molar-refractivity contribution in [3.05, 3.63) is 40.6 Å². The molecule has 6 nitrogen and oxygen atoms in total. The number of fused-ring (bicyclic) bond motifs is 1. The third-order valence-electron chi connectivity index (χ3n) is 3.79. The third kappa shape index (κ3) is 4.51. The largest absolute Gasteiger partial charge is 0.486 e. The van der Waals surface area contributed by atoms with Crippen LogP contribution >= 0.6 is 11.3 Å². The summed E-state index contributed by atoms with van der Waals surface area (Å²) in [5.41, 5.74) is 0.726. The zero-order chi connectivity index (χ0) is 17.6. The Kier molecular flexibility index (Phi) is 5.55. The molecule has 132 valence electrons. The first-order chi connectivity index (χ1) is 12.1. The average Bonchev–Trinajstić information content (AvgIpc) is 3.11. The van der Waals surface area contributed by atoms with Gasteiger partial charge < -0.3 is 19.7 Å². The molecule has 0 saturated carbocycles. The second kappa shape index (κ2) is 8.02. The highest BCUT2D eigenvalue weighted by atomic mass is 32.1. The normalized spacial score (nSPS) is 12.5. The molecule has 0 unspecified atom stereocenters. The Morgan fingerprint density at radius 1 is 1.20 bits per heavy atom. The number of rotatable bonds is 6. The predicted octanol–water partition coefficient (Wildman–Crippen LogP) is 2.23. The molecule has 2 amide bonds. The summed E-state index contributed by atoms with van der Waals surface area (Å²) in [6, 6.07) is 9.27. The first kappa shape index (κ1) is 17.3. The number of carbonyl (C=O) groups excluding carboxylic acids is 2. The molecule has 0 spiro atoms. The highest BCUT2D eigenvalue weighted by Gasteiger charge is 2.17. The lowest BCUT2D eigenvalue weighted by Crippen LogP contribution is -2.38. The molecule has 2 heterocycles. The van der Waals surface area contributed by atoms with E-state index in [1.807, 2.05) is 23.6 Å². The van der Waals surface area contributed by atoms with Crippen molar-refractivity contribution in [2.24, 2.45) is 0 Å². The second-order valence-corrected chi connectivity index (χ2v) is 6.64. The maximum Gasteiger partial charge on any atom is 0.225 e. The standard InChI is InChI=1S/C18H20N2O4S/c1-13(21)20(7-6-19-18(22)12-15-3-2-10-25-15)14-4-5-16-17(11-14)24-9-8-23-16/h2-5,10-11H,6-9,12H2,1H3,(H,19,22). The first-order valence-electron chi connectivity index (χ1n) is 8.10. The minimum atomic E-state index is -0.0933. The monoisotopic (exact) mass is 360 g/mol. The fourth-order valence-electron chi connectivity index (χ4n) is 2.61. The van der Waals surface area contributed by atoms with Gasteiger partial charge in [-0.1, -0.05) is 6.07 Å².